The first-order valence-corrected chi connectivity index (χ1v) is 7.12. The summed E-state index contributed by atoms with van der Waals surface area (Å²) in [6.45, 7) is 10.3. The van der Waals surface area contributed by atoms with Crippen molar-refractivity contribution in [3.05, 3.63) is 35.0 Å². The summed E-state index contributed by atoms with van der Waals surface area (Å²) in [5.74, 6) is 0.454. The molecule has 2 atom stereocenters. The molecule has 1 amide bonds. The highest BCUT2D eigenvalue weighted by molar-refractivity contribution is 7.10. The maximum Gasteiger partial charge on any atom is 0.237 e. The topological polar surface area (TPSA) is 41.1 Å². The van der Waals surface area contributed by atoms with Gasteiger partial charge in [0.15, 0.2) is 0 Å². The summed E-state index contributed by atoms with van der Waals surface area (Å²) in [6.07, 6.45) is 1.68. The monoisotopic (exact) mass is 266 g/mol. The molecule has 0 saturated carbocycles. The number of thiophene rings is 1. The van der Waals surface area contributed by atoms with Crippen molar-refractivity contribution in [1.29, 1.82) is 0 Å². The Hall–Kier alpha value is -1.13. The van der Waals surface area contributed by atoms with E-state index >= 15 is 0 Å². The average Bonchev–Trinajstić information content (AvgIpc) is 2.85. The minimum Gasteiger partial charge on any atom is -0.351 e. The first kappa shape index (κ1) is 14.9. The molecule has 0 saturated heterocycles. The first-order valence-electron chi connectivity index (χ1n) is 6.24. The molecule has 1 heterocycles. The normalized spacial score (nSPS) is 14.2. The zero-order valence-corrected chi connectivity index (χ0v) is 12.1. The van der Waals surface area contributed by atoms with E-state index in [4.69, 9.17) is 0 Å². The third kappa shape index (κ3) is 4.27. The number of amides is 1. The van der Waals surface area contributed by atoms with E-state index in [1.807, 2.05) is 13.0 Å². The van der Waals surface area contributed by atoms with Crippen molar-refractivity contribution >= 4 is 17.2 Å². The van der Waals surface area contributed by atoms with Crippen LogP contribution in [0.2, 0.25) is 0 Å². The lowest BCUT2D eigenvalue weighted by molar-refractivity contribution is -0.122. The standard InChI is InChI=1S/C14H22N2OS/c1-5-8-15-14(17)11(4)16-13(10(2)3)12-7-6-9-18-12/h5-7,9-11,13,16H,1,8H2,2-4H3,(H,15,17). The van der Waals surface area contributed by atoms with Crippen molar-refractivity contribution in [2.75, 3.05) is 6.54 Å². The molecule has 0 fully saturated rings. The van der Waals surface area contributed by atoms with Crippen LogP contribution < -0.4 is 10.6 Å². The molecule has 0 aliphatic rings. The van der Waals surface area contributed by atoms with Crippen molar-refractivity contribution in [2.45, 2.75) is 32.9 Å². The predicted octanol–water partition coefficient (Wildman–Crippen LogP) is 2.73. The highest BCUT2D eigenvalue weighted by atomic mass is 32.1. The third-order valence-corrected chi connectivity index (χ3v) is 3.72. The molecule has 18 heavy (non-hydrogen) atoms. The maximum absolute atomic E-state index is 11.8. The minimum atomic E-state index is -0.209. The molecular formula is C14H22N2OS. The van der Waals surface area contributed by atoms with Gasteiger partial charge in [0.1, 0.15) is 0 Å². The molecule has 1 rings (SSSR count). The molecule has 0 aliphatic heterocycles. The largest absolute Gasteiger partial charge is 0.351 e. The Morgan fingerprint density at radius 2 is 2.22 bits per heavy atom. The number of rotatable bonds is 7. The molecule has 2 unspecified atom stereocenters. The van der Waals surface area contributed by atoms with Crippen LogP contribution in [-0.4, -0.2) is 18.5 Å². The van der Waals surface area contributed by atoms with Gasteiger partial charge in [0, 0.05) is 17.5 Å². The number of carbonyl (C=O) groups excluding carboxylic acids is 1. The summed E-state index contributed by atoms with van der Waals surface area (Å²) in [7, 11) is 0. The summed E-state index contributed by atoms with van der Waals surface area (Å²) < 4.78 is 0. The molecule has 2 N–H and O–H groups in total. The van der Waals surface area contributed by atoms with Crippen LogP contribution in [-0.2, 0) is 4.79 Å². The third-order valence-electron chi connectivity index (χ3n) is 2.76. The summed E-state index contributed by atoms with van der Waals surface area (Å²) in [5, 5.41) is 8.26. The second-order valence-corrected chi connectivity index (χ2v) is 5.64. The van der Waals surface area contributed by atoms with Gasteiger partial charge in [-0.1, -0.05) is 26.0 Å². The van der Waals surface area contributed by atoms with E-state index in [9.17, 15) is 4.79 Å². The van der Waals surface area contributed by atoms with Gasteiger partial charge in [-0.05, 0) is 24.3 Å². The second kappa shape index (κ2) is 7.34. The fourth-order valence-corrected chi connectivity index (χ4v) is 2.70. The average molecular weight is 266 g/mol. The van der Waals surface area contributed by atoms with Crippen LogP contribution in [0.1, 0.15) is 31.7 Å². The quantitative estimate of drug-likeness (QED) is 0.745. The zero-order valence-electron chi connectivity index (χ0n) is 11.3. The fourth-order valence-electron chi connectivity index (χ4n) is 1.74. The first-order chi connectivity index (χ1) is 8.56. The van der Waals surface area contributed by atoms with Crippen molar-refractivity contribution in [3.63, 3.8) is 0 Å². The molecule has 1 aromatic rings. The van der Waals surface area contributed by atoms with E-state index in [1.165, 1.54) is 4.88 Å². The highest BCUT2D eigenvalue weighted by Gasteiger charge is 2.21. The lowest BCUT2D eigenvalue weighted by Crippen LogP contribution is -2.44. The van der Waals surface area contributed by atoms with Crippen molar-refractivity contribution in [3.8, 4) is 0 Å². The fraction of sp³-hybridized carbons (Fsp3) is 0.500. The highest BCUT2D eigenvalue weighted by Crippen LogP contribution is 2.26. The van der Waals surface area contributed by atoms with E-state index in [1.54, 1.807) is 17.4 Å². The SMILES string of the molecule is C=CCNC(=O)C(C)NC(c1cccs1)C(C)C. The number of nitrogens with one attached hydrogen (secondary N) is 2. The summed E-state index contributed by atoms with van der Waals surface area (Å²) in [5.41, 5.74) is 0. The Balaban J connectivity index is 2.61. The lowest BCUT2D eigenvalue weighted by Gasteiger charge is -2.25. The number of carbonyl (C=O) groups is 1. The maximum atomic E-state index is 11.8. The molecule has 100 valence electrons. The van der Waals surface area contributed by atoms with Crippen LogP contribution in [0.3, 0.4) is 0 Å². The van der Waals surface area contributed by atoms with Crippen molar-refractivity contribution < 1.29 is 4.79 Å². The minimum absolute atomic E-state index is 0.0112. The van der Waals surface area contributed by atoms with Crippen LogP contribution in [0.5, 0.6) is 0 Å². The van der Waals surface area contributed by atoms with Gasteiger partial charge in [0.25, 0.3) is 0 Å². The van der Waals surface area contributed by atoms with Gasteiger partial charge in [-0.25, -0.2) is 0 Å². The molecule has 0 aliphatic carbocycles. The Kier molecular flexibility index (Phi) is 6.09. The molecule has 0 spiro atoms. The molecule has 1 aromatic heterocycles. The molecule has 3 nitrogen and oxygen atoms in total. The predicted molar refractivity (Wildman–Crippen MR) is 77.7 cm³/mol. The van der Waals surface area contributed by atoms with E-state index in [0.717, 1.165) is 0 Å². The summed E-state index contributed by atoms with van der Waals surface area (Å²) >= 11 is 1.72. The van der Waals surface area contributed by atoms with E-state index < -0.39 is 0 Å². The van der Waals surface area contributed by atoms with Crippen LogP contribution in [0.25, 0.3) is 0 Å². The number of hydrogen-bond donors (Lipinski definition) is 2. The second-order valence-electron chi connectivity index (χ2n) is 4.66. The van der Waals surface area contributed by atoms with Crippen molar-refractivity contribution in [2.24, 2.45) is 5.92 Å². The number of hydrogen-bond acceptors (Lipinski definition) is 3. The van der Waals surface area contributed by atoms with Gasteiger partial charge in [-0.3, -0.25) is 10.1 Å². The Labute approximate surface area is 113 Å². The van der Waals surface area contributed by atoms with Crippen LogP contribution in [0.15, 0.2) is 30.2 Å². The van der Waals surface area contributed by atoms with Crippen LogP contribution >= 0.6 is 11.3 Å². The Bertz CT molecular complexity index is 373. The van der Waals surface area contributed by atoms with Gasteiger partial charge in [0.2, 0.25) is 5.91 Å². The summed E-state index contributed by atoms with van der Waals surface area (Å²) in [4.78, 5) is 13.1. The van der Waals surface area contributed by atoms with Gasteiger partial charge >= 0.3 is 0 Å². The van der Waals surface area contributed by atoms with Gasteiger partial charge < -0.3 is 5.32 Å². The van der Waals surface area contributed by atoms with Gasteiger partial charge in [-0.15, -0.1) is 17.9 Å². The molecular weight excluding hydrogens is 244 g/mol. The summed E-state index contributed by atoms with van der Waals surface area (Å²) in [6, 6.07) is 4.16. The van der Waals surface area contributed by atoms with Gasteiger partial charge in [-0.2, -0.15) is 0 Å². The molecule has 0 radical (unpaired) electrons. The van der Waals surface area contributed by atoms with Gasteiger partial charge in [0.05, 0.1) is 6.04 Å². The molecule has 0 aromatic carbocycles. The Morgan fingerprint density at radius 1 is 1.50 bits per heavy atom. The Morgan fingerprint density at radius 3 is 2.72 bits per heavy atom. The lowest BCUT2D eigenvalue weighted by atomic mass is 10.0. The smallest absolute Gasteiger partial charge is 0.237 e. The van der Waals surface area contributed by atoms with Crippen molar-refractivity contribution in [1.82, 2.24) is 10.6 Å². The molecule has 0 bridgehead atoms. The zero-order chi connectivity index (χ0) is 13.5. The van der Waals surface area contributed by atoms with Crippen LogP contribution in [0.4, 0.5) is 0 Å². The molecule has 4 heteroatoms. The van der Waals surface area contributed by atoms with E-state index in [-0.39, 0.29) is 18.0 Å². The van der Waals surface area contributed by atoms with E-state index in [2.05, 4.69) is 42.5 Å². The van der Waals surface area contributed by atoms with Crippen LogP contribution in [0, 0.1) is 5.92 Å². The van der Waals surface area contributed by atoms with E-state index in [0.29, 0.717) is 12.5 Å².